The molecule has 0 N–H and O–H groups in total. The molecule has 4 heterocycles. The van der Waals surface area contributed by atoms with Gasteiger partial charge < -0.3 is 9.55 Å². The molecular formula is C55H56IrN4SSi-2. The molecule has 4 aromatic heterocycles. The quantitative estimate of drug-likeness (QED) is 0.107. The van der Waals surface area contributed by atoms with E-state index in [2.05, 4.69) is 186 Å². The van der Waals surface area contributed by atoms with Crippen molar-refractivity contribution in [2.45, 2.75) is 86.4 Å². The molecule has 1 radical (unpaired) electrons. The van der Waals surface area contributed by atoms with Gasteiger partial charge in [0.15, 0.2) is 0 Å². The van der Waals surface area contributed by atoms with Crippen molar-refractivity contribution >= 4 is 55.8 Å². The number of imidazole rings is 1. The number of nitrogens with zero attached hydrogens (tertiary/aromatic N) is 4. The zero-order chi connectivity index (χ0) is 43.0. The van der Waals surface area contributed by atoms with Crippen LogP contribution in [0.25, 0.3) is 70.7 Å². The van der Waals surface area contributed by atoms with Crippen LogP contribution < -0.4 is 5.19 Å². The number of hydrogen-bond acceptors (Lipinski definition) is 4. The van der Waals surface area contributed by atoms with Gasteiger partial charge in [-0.3, -0.25) is 9.97 Å². The molecule has 0 unspecified atom stereocenters. The topological polar surface area (TPSA) is 43.6 Å². The van der Waals surface area contributed by atoms with Gasteiger partial charge in [-0.25, -0.2) is 0 Å². The van der Waals surface area contributed by atoms with Crippen LogP contribution in [0.15, 0.2) is 128 Å². The maximum Gasteiger partial charge on any atom is 0.0822 e. The third kappa shape index (κ3) is 9.19. The summed E-state index contributed by atoms with van der Waals surface area (Å²) < 4.78 is 4.87. The molecule has 0 aliphatic rings. The Kier molecular flexibility index (Phi) is 13.6. The summed E-state index contributed by atoms with van der Waals surface area (Å²) in [5.74, 6) is 2.19. The molecule has 0 spiro atoms. The van der Waals surface area contributed by atoms with Gasteiger partial charge in [0.25, 0.3) is 0 Å². The first kappa shape index (κ1) is 45.0. The van der Waals surface area contributed by atoms with Crippen molar-refractivity contribution in [3.8, 4) is 39.5 Å². The van der Waals surface area contributed by atoms with Crippen LogP contribution in [-0.4, -0.2) is 27.6 Å². The van der Waals surface area contributed by atoms with E-state index in [0.717, 1.165) is 40.1 Å². The van der Waals surface area contributed by atoms with Crippen molar-refractivity contribution < 1.29 is 20.1 Å². The van der Waals surface area contributed by atoms with Crippen molar-refractivity contribution in [3.05, 3.63) is 162 Å². The Morgan fingerprint density at radius 1 is 0.726 bits per heavy atom. The molecule has 5 aromatic carbocycles. The molecule has 9 rings (SSSR count). The second-order valence-corrected chi connectivity index (χ2v) is 24.5. The Labute approximate surface area is 386 Å². The summed E-state index contributed by atoms with van der Waals surface area (Å²) in [6.45, 7) is 23.0. The van der Waals surface area contributed by atoms with E-state index in [0.29, 0.717) is 17.8 Å². The fraction of sp³-hybridized carbons (Fsp3) is 0.255. The summed E-state index contributed by atoms with van der Waals surface area (Å²) in [6.07, 6.45) is 7.03. The Morgan fingerprint density at radius 3 is 2.11 bits per heavy atom. The van der Waals surface area contributed by atoms with Crippen molar-refractivity contribution in [3.63, 3.8) is 0 Å². The predicted octanol–water partition coefficient (Wildman–Crippen LogP) is 14.8. The average Bonchev–Trinajstić information content (AvgIpc) is 3.82. The fourth-order valence-electron chi connectivity index (χ4n) is 8.44. The van der Waals surface area contributed by atoms with Crippen LogP contribution in [-0.2, 0) is 26.5 Å². The van der Waals surface area contributed by atoms with E-state index in [1.54, 1.807) is 0 Å². The normalized spacial score (nSPS) is 11.8. The summed E-state index contributed by atoms with van der Waals surface area (Å²) in [4.78, 5) is 14.5. The van der Waals surface area contributed by atoms with Crippen LogP contribution >= 0.6 is 11.3 Å². The standard InChI is InChI=1S/C37H32N3S.C18H24NSi.Ir/c1-22(2)29-19-26(25-10-7-6-8-11-25)20-30(23(3)4)35(29)40-33-21-38-17-16-32(33)39-37(40)28-13-9-12-27-31-18-24(5)14-15-34(31)41-36(27)28;1-14(2)11-16-12-17(15-9-7-6-8-10-15)19-13-18(16)20(3,4)5;/h6-12,14-23H,1-5H3;6-9,12-14H,11H2,1-5H3;/q2*-1;. The zero-order valence-corrected chi connectivity index (χ0v) is 41.8. The first-order chi connectivity index (χ1) is 29.3. The number of thiophene rings is 1. The molecule has 4 nitrogen and oxygen atoms in total. The molecule has 9 aromatic rings. The van der Waals surface area contributed by atoms with Gasteiger partial charge in [0, 0.05) is 42.9 Å². The van der Waals surface area contributed by atoms with E-state index in [-0.39, 0.29) is 20.1 Å². The number of benzene rings is 5. The van der Waals surface area contributed by atoms with Gasteiger partial charge in [-0.05, 0) is 98.6 Å². The van der Waals surface area contributed by atoms with E-state index in [1.807, 2.05) is 48.0 Å². The van der Waals surface area contributed by atoms with Crippen molar-refractivity contribution in [2.75, 3.05) is 0 Å². The van der Waals surface area contributed by atoms with Crippen LogP contribution in [0.2, 0.25) is 19.6 Å². The van der Waals surface area contributed by atoms with Gasteiger partial charge in [-0.15, -0.1) is 54.1 Å². The summed E-state index contributed by atoms with van der Waals surface area (Å²) in [7, 11) is -1.34. The second-order valence-electron chi connectivity index (χ2n) is 18.4. The number of rotatable bonds is 9. The maximum atomic E-state index is 5.28. The molecule has 0 saturated carbocycles. The average molecular weight is 1030 g/mol. The SMILES string of the molecule is CC(C)Cc1cc(-c2[c-]cccc2)ncc1[Si](C)(C)C.Cc1ccc2sc3c(-c4nc5ccncc5n4-c4c(C(C)C)cc(-c5ccccc5)cc4C(C)C)[c-]ccc3c2c1.[Ir]. The number of pyridine rings is 2. The van der Waals surface area contributed by atoms with Crippen LogP contribution in [0.1, 0.15) is 75.6 Å². The zero-order valence-electron chi connectivity index (χ0n) is 37.6. The molecule has 0 saturated heterocycles. The van der Waals surface area contributed by atoms with Crippen molar-refractivity contribution in [2.24, 2.45) is 5.92 Å². The van der Waals surface area contributed by atoms with Gasteiger partial charge >= 0.3 is 0 Å². The Hall–Kier alpha value is -5.04. The van der Waals surface area contributed by atoms with Crippen LogP contribution in [0.3, 0.4) is 0 Å². The van der Waals surface area contributed by atoms with Gasteiger partial charge in [0.1, 0.15) is 0 Å². The Balaban J connectivity index is 0.000000233. The molecule has 0 amide bonds. The molecule has 0 atom stereocenters. The first-order valence-corrected chi connectivity index (χ1v) is 26.0. The Morgan fingerprint density at radius 2 is 1.45 bits per heavy atom. The number of aryl methyl sites for hydroxylation is 1. The molecule has 0 aliphatic heterocycles. The van der Waals surface area contributed by atoms with Crippen LogP contribution in [0, 0.1) is 25.0 Å². The van der Waals surface area contributed by atoms with Gasteiger partial charge in [-0.1, -0.05) is 132 Å². The van der Waals surface area contributed by atoms with Crippen molar-refractivity contribution in [1.82, 2.24) is 19.5 Å². The van der Waals surface area contributed by atoms with Gasteiger partial charge in [0.2, 0.25) is 0 Å². The van der Waals surface area contributed by atoms with Gasteiger partial charge in [0.05, 0.1) is 31.1 Å². The minimum absolute atomic E-state index is 0. The minimum Gasteiger partial charge on any atom is -0.331 e. The smallest absolute Gasteiger partial charge is 0.0822 e. The van der Waals surface area contributed by atoms with Crippen LogP contribution in [0.5, 0.6) is 0 Å². The molecular weight excluding hydrogens is 969 g/mol. The predicted molar refractivity (Wildman–Crippen MR) is 264 cm³/mol. The molecule has 62 heavy (non-hydrogen) atoms. The van der Waals surface area contributed by atoms with E-state index in [9.17, 15) is 0 Å². The molecule has 317 valence electrons. The third-order valence-electron chi connectivity index (χ3n) is 11.4. The van der Waals surface area contributed by atoms with Crippen molar-refractivity contribution in [1.29, 1.82) is 0 Å². The summed E-state index contributed by atoms with van der Waals surface area (Å²) in [5.41, 5.74) is 14.2. The number of fused-ring (bicyclic) bond motifs is 4. The maximum absolute atomic E-state index is 5.28. The Bertz CT molecular complexity index is 2950. The van der Waals surface area contributed by atoms with E-state index < -0.39 is 8.07 Å². The largest absolute Gasteiger partial charge is 0.331 e. The van der Waals surface area contributed by atoms with E-state index >= 15 is 0 Å². The van der Waals surface area contributed by atoms with Gasteiger partial charge in [-0.2, -0.15) is 11.3 Å². The molecule has 0 fully saturated rings. The summed E-state index contributed by atoms with van der Waals surface area (Å²) >= 11 is 1.83. The fourth-order valence-corrected chi connectivity index (χ4v) is 11.2. The minimum atomic E-state index is -1.34. The summed E-state index contributed by atoms with van der Waals surface area (Å²) in [5, 5.41) is 4.04. The molecule has 0 aliphatic carbocycles. The number of aromatic nitrogens is 4. The summed E-state index contributed by atoms with van der Waals surface area (Å²) in [6, 6.07) is 45.7. The molecule has 0 bridgehead atoms. The number of hydrogen-bond donors (Lipinski definition) is 0. The first-order valence-electron chi connectivity index (χ1n) is 21.6. The van der Waals surface area contributed by atoms with Crippen LogP contribution in [0.4, 0.5) is 0 Å². The molecule has 7 heteroatoms. The second kappa shape index (κ2) is 18.7. The monoisotopic (exact) mass is 1030 g/mol. The van der Waals surface area contributed by atoms with E-state index in [4.69, 9.17) is 4.98 Å². The third-order valence-corrected chi connectivity index (χ3v) is 14.7. The van der Waals surface area contributed by atoms with E-state index in [1.165, 1.54) is 64.4 Å².